The van der Waals surface area contributed by atoms with Crippen LogP contribution in [0, 0.1) is 17.3 Å². The van der Waals surface area contributed by atoms with E-state index in [0.717, 1.165) is 38.7 Å². The maximum absolute atomic E-state index is 12.9. The maximum Gasteiger partial charge on any atom is 0.241 e. The third kappa shape index (κ3) is 2.05. The van der Waals surface area contributed by atoms with Crippen molar-refractivity contribution in [3.8, 4) is 0 Å². The topological polar surface area (TPSA) is 84.6 Å². The first-order chi connectivity index (χ1) is 9.92. The molecule has 120 valence electrons. The Bertz CT molecular complexity index is 426. The van der Waals surface area contributed by atoms with Crippen molar-refractivity contribution in [2.24, 2.45) is 23.0 Å². The minimum Gasteiger partial charge on any atom is -0.396 e. The first-order valence-corrected chi connectivity index (χ1v) is 8.25. The number of hydrogen-bond acceptors (Lipinski definition) is 4. The molecule has 4 N–H and O–H groups in total. The highest BCUT2D eigenvalue weighted by atomic mass is 16.5. The molecule has 5 atom stereocenters. The zero-order valence-electron chi connectivity index (χ0n) is 13.1. The highest BCUT2D eigenvalue weighted by Gasteiger charge is 2.70. The van der Waals surface area contributed by atoms with Crippen LogP contribution < -0.4 is 11.1 Å². The summed E-state index contributed by atoms with van der Waals surface area (Å²) in [6, 6.07) is 0.0716. The number of fused-ring (bicyclic) bond motifs is 1. The number of aliphatic hydroxyl groups is 1. The van der Waals surface area contributed by atoms with E-state index >= 15 is 0 Å². The predicted molar refractivity (Wildman–Crippen MR) is 79.5 cm³/mol. The number of rotatable bonds is 3. The molecular weight excluding hydrogens is 268 g/mol. The van der Waals surface area contributed by atoms with E-state index in [1.54, 1.807) is 0 Å². The van der Waals surface area contributed by atoms with Crippen molar-refractivity contribution in [3.63, 3.8) is 0 Å². The molecule has 1 saturated heterocycles. The van der Waals surface area contributed by atoms with Gasteiger partial charge in [0.05, 0.1) is 6.10 Å². The number of carbonyl (C=O) groups is 1. The Balaban J connectivity index is 1.74. The van der Waals surface area contributed by atoms with Gasteiger partial charge in [-0.1, -0.05) is 20.3 Å². The van der Waals surface area contributed by atoms with Gasteiger partial charge in [0.1, 0.15) is 5.54 Å². The van der Waals surface area contributed by atoms with E-state index in [1.807, 2.05) is 13.8 Å². The van der Waals surface area contributed by atoms with Gasteiger partial charge in [0.2, 0.25) is 5.91 Å². The lowest BCUT2D eigenvalue weighted by atomic mass is 9.46. The number of hydrogen-bond donors (Lipinski definition) is 3. The summed E-state index contributed by atoms with van der Waals surface area (Å²) in [5.41, 5.74) is 5.40. The summed E-state index contributed by atoms with van der Waals surface area (Å²) in [4.78, 5) is 12.9. The molecule has 5 unspecified atom stereocenters. The molecular formula is C16H28N2O3. The quantitative estimate of drug-likeness (QED) is 0.719. The Labute approximate surface area is 126 Å². The summed E-state index contributed by atoms with van der Waals surface area (Å²) < 4.78 is 5.85. The molecule has 0 spiro atoms. The fourth-order valence-corrected chi connectivity index (χ4v) is 4.77. The van der Waals surface area contributed by atoms with E-state index in [-0.39, 0.29) is 41.9 Å². The summed E-state index contributed by atoms with van der Waals surface area (Å²) in [6.45, 7) is 4.99. The first kappa shape index (κ1) is 15.3. The summed E-state index contributed by atoms with van der Waals surface area (Å²) in [5.74, 6) is 0.249. The average Bonchev–Trinajstić information content (AvgIpc) is 2.93. The van der Waals surface area contributed by atoms with Gasteiger partial charge in [-0.2, -0.15) is 0 Å². The molecule has 0 aromatic carbocycles. The predicted octanol–water partition coefficient (Wildman–Crippen LogP) is 0.796. The van der Waals surface area contributed by atoms with Crippen molar-refractivity contribution < 1.29 is 14.6 Å². The van der Waals surface area contributed by atoms with Crippen LogP contribution in [0.15, 0.2) is 0 Å². The molecule has 5 nitrogen and oxygen atoms in total. The van der Waals surface area contributed by atoms with Crippen LogP contribution >= 0.6 is 0 Å². The van der Waals surface area contributed by atoms with Crippen molar-refractivity contribution in [2.75, 3.05) is 13.2 Å². The van der Waals surface area contributed by atoms with Crippen molar-refractivity contribution in [1.82, 2.24) is 5.32 Å². The highest BCUT2D eigenvalue weighted by molar-refractivity contribution is 5.89. The first-order valence-electron chi connectivity index (χ1n) is 8.25. The number of carbonyl (C=O) groups excluding carboxylic acids is 1. The summed E-state index contributed by atoms with van der Waals surface area (Å²) in [5, 5.41) is 12.5. The molecule has 0 aromatic heterocycles. The summed E-state index contributed by atoms with van der Waals surface area (Å²) in [6.07, 6.45) is 5.03. The molecule has 2 saturated carbocycles. The second-order valence-electron chi connectivity index (χ2n) is 7.58. The van der Waals surface area contributed by atoms with Gasteiger partial charge >= 0.3 is 0 Å². The lowest BCUT2D eigenvalue weighted by molar-refractivity contribution is -0.225. The molecule has 0 bridgehead atoms. The average molecular weight is 296 g/mol. The minimum absolute atomic E-state index is 0.0513. The molecule has 1 amide bonds. The molecule has 1 heterocycles. The van der Waals surface area contributed by atoms with Crippen LogP contribution in [0.1, 0.15) is 46.0 Å². The lowest BCUT2D eigenvalue weighted by Crippen LogP contribution is -2.82. The molecule has 0 aromatic rings. The Morgan fingerprint density at radius 1 is 1.33 bits per heavy atom. The molecule has 0 radical (unpaired) electrons. The number of amides is 1. The molecule has 1 aliphatic heterocycles. The van der Waals surface area contributed by atoms with Gasteiger partial charge in [0.15, 0.2) is 0 Å². The Morgan fingerprint density at radius 2 is 2.10 bits per heavy atom. The third-order valence-corrected chi connectivity index (χ3v) is 6.27. The number of ether oxygens (including phenoxy) is 1. The zero-order valence-corrected chi connectivity index (χ0v) is 13.1. The van der Waals surface area contributed by atoms with Gasteiger partial charge in [-0.3, -0.25) is 4.79 Å². The normalized spacial score (nSPS) is 44.8. The minimum atomic E-state index is -0.847. The number of aliphatic hydroxyl groups excluding tert-OH is 1. The molecule has 21 heavy (non-hydrogen) atoms. The Morgan fingerprint density at radius 3 is 2.81 bits per heavy atom. The standard InChI is InChI=1S/C16H28N2O3/c1-15(2)13-11(6-4-8-21-13)16(15,17)14(20)18-12-7-3-5-10(12)9-19/h10-13,19H,3-9,17H2,1-2H3,(H,18,20). The largest absolute Gasteiger partial charge is 0.396 e. The fourth-order valence-electron chi connectivity index (χ4n) is 4.77. The van der Waals surface area contributed by atoms with E-state index in [9.17, 15) is 9.90 Å². The molecule has 3 fully saturated rings. The smallest absolute Gasteiger partial charge is 0.241 e. The van der Waals surface area contributed by atoms with E-state index in [4.69, 9.17) is 10.5 Å². The van der Waals surface area contributed by atoms with Crippen molar-refractivity contribution in [2.45, 2.75) is 63.6 Å². The third-order valence-electron chi connectivity index (χ3n) is 6.27. The summed E-state index contributed by atoms with van der Waals surface area (Å²) in [7, 11) is 0. The van der Waals surface area contributed by atoms with Crippen molar-refractivity contribution in [1.29, 1.82) is 0 Å². The monoisotopic (exact) mass is 296 g/mol. The Hall–Kier alpha value is -0.650. The van der Waals surface area contributed by atoms with Gasteiger partial charge in [-0.15, -0.1) is 0 Å². The van der Waals surface area contributed by atoms with E-state index in [1.165, 1.54) is 0 Å². The second-order valence-corrected chi connectivity index (χ2v) is 7.58. The fraction of sp³-hybridized carbons (Fsp3) is 0.938. The van der Waals surface area contributed by atoms with Crippen LogP contribution in [0.2, 0.25) is 0 Å². The van der Waals surface area contributed by atoms with Crippen molar-refractivity contribution >= 4 is 5.91 Å². The van der Waals surface area contributed by atoms with Crippen LogP contribution in [-0.2, 0) is 9.53 Å². The number of nitrogens with one attached hydrogen (secondary N) is 1. The summed E-state index contributed by atoms with van der Waals surface area (Å²) >= 11 is 0. The van der Waals surface area contributed by atoms with E-state index < -0.39 is 5.54 Å². The highest BCUT2D eigenvalue weighted by Crippen LogP contribution is 2.57. The van der Waals surface area contributed by atoms with Crippen LogP contribution in [-0.4, -0.2) is 41.9 Å². The van der Waals surface area contributed by atoms with Crippen LogP contribution in [0.4, 0.5) is 0 Å². The number of nitrogens with two attached hydrogens (primary N) is 1. The van der Waals surface area contributed by atoms with Crippen LogP contribution in [0.5, 0.6) is 0 Å². The van der Waals surface area contributed by atoms with Crippen LogP contribution in [0.3, 0.4) is 0 Å². The van der Waals surface area contributed by atoms with E-state index in [0.29, 0.717) is 0 Å². The van der Waals surface area contributed by atoms with Gasteiger partial charge in [0, 0.05) is 36.5 Å². The zero-order chi connectivity index (χ0) is 15.3. The molecule has 2 aliphatic carbocycles. The molecule has 5 heteroatoms. The molecule has 3 rings (SSSR count). The Kier molecular flexibility index (Phi) is 3.79. The molecule has 3 aliphatic rings. The maximum atomic E-state index is 12.9. The lowest BCUT2D eigenvalue weighted by Gasteiger charge is -2.65. The van der Waals surface area contributed by atoms with Gasteiger partial charge in [0.25, 0.3) is 0 Å². The second kappa shape index (κ2) is 5.21. The van der Waals surface area contributed by atoms with E-state index in [2.05, 4.69) is 5.32 Å². The van der Waals surface area contributed by atoms with Gasteiger partial charge < -0.3 is 20.9 Å². The van der Waals surface area contributed by atoms with Gasteiger partial charge in [-0.25, -0.2) is 0 Å². The van der Waals surface area contributed by atoms with Gasteiger partial charge in [-0.05, 0) is 25.7 Å². The SMILES string of the molecule is CC1(C)C2OCCCC2C1(N)C(=O)NC1CCCC1CO. The van der Waals surface area contributed by atoms with Crippen LogP contribution in [0.25, 0.3) is 0 Å². The van der Waals surface area contributed by atoms with Crippen molar-refractivity contribution in [3.05, 3.63) is 0 Å².